The number of hydrogen-bond acceptors (Lipinski definition) is 7. The van der Waals surface area contributed by atoms with Gasteiger partial charge in [0, 0.05) is 20.3 Å². The van der Waals surface area contributed by atoms with Gasteiger partial charge in [0.05, 0.1) is 19.0 Å². The number of methoxy groups -OCH3 is 1. The van der Waals surface area contributed by atoms with Crippen molar-refractivity contribution in [2.45, 2.75) is 25.8 Å². The van der Waals surface area contributed by atoms with Crippen molar-refractivity contribution in [1.29, 1.82) is 0 Å². The van der Waals surface area contributed by atoms with Gasteiger partial charge in [-0.25, -0.2) is 4.98 Å². The molecule has 1 unspecified atom stereocenters. The third kappa shape index (κ3) is 4.02. The third-order valence-electron chi connectivity index (χ3n) is 3.01. The number of aromatic amines is 1. The molecule has 0 saturated carbocycles. The first-order chi connectivity index (χ1) is 10.3. The summed E-state index contributed by atoms with van der Waals surface area (Å²) in [5.41, 5.74) is 1.35. The fourth-order valence-electron chi connectivity index (χ4n) is 2.00. The summed E-state index contributed by atoms with van der Waals surface area (Å²) < 4.78 is 5.16. The molecule has 2 aromatic heterocycles. The van der Waals surface area contributed by atoms with Crippen molar-refractivity contribution in [3.05, 3.63) is 6.33 Å². The molecule has 2 aromatic rings. The Bertz CT molecular complexity index is 553. The van der Waals surface area contributed by atoms with Crippen LogP contribution in [-0.4, -0.2) is 58.0 Å². The van der Waals surface area contributed by atoms with E-state index < -0.39 is 0 Å². The largest absolute Gasteiger partial charge is 0.396 e. The zero-order valence-electron chi connectivity index (χ0n) is 12.4. The highest BCUT2D eigenvalue weighted by molar-refractivity contribution is 5.83. The van der Waals surface area contributed by atoms with Crippen molar-refractivity contribution in [2.24, 2.45) is 0 Å². The molecule has 0 spiro atoms. The van der Waals surface area contributed by atoms with Gasteiger partial charge in [0.1, 0.15) is 5.52 Å². The maximum absolute atomic E-state index is 9.12. The summed E-state index contributed by atoms with van der Waals surface area (Å²) >= 11 is 0. The SMILES string of the molecule is CCCNc1nc(NC(CCO)COC)c2[nH]cnc2n1. The number of nitrogens with zero attached hydrogens (tertiary/aromatic N) is 3. The van der Waals surface area contributed by atoms with Gasteiger partial charge in [-0.3, -0.25) is 0 Å². The minimum atomic E-state index is -0.0274. The lowest BCUT2D eigenvalue weighted by Crippen LogP contribution is -2.27. The number of hydrogen-bond donors (Lipinski definition) is 4. The Balaban J connectivity index is 2.24. The molecule has 4 N–H and O–H groups in total. The molecule has 0 aromatic carbocycles. The fourth-order valence-corrected chi connectivity index (χ4v) is 2.00. The van der Waals surface area contributed by atoms with Gasteiger partial charge < -0.3 is 25.5 Å². The molecule has 0 aliphatic heterocycles. The average molecular weight is 294 g/mol. The third-order valence-corrected chi connectivity index (χ3v) is 3.01. The Labute approximate surface area is 123 Å². The monoisotopic (exact) mass is 294 g/mol. The van der Waals surface area contributed by atoms with Crippen LogP contribution in [0.5, 0.6) is 0 Å². The van der Waals surface area contributed by atoms with E-state index in [4.69, 9.17) is 9.84 Å². The predicted molar refractivity (Wildman–Crippen MR) is 81.5 cm³/mol. The van der Waals surface area contributed by atoms with Crippen LogP contribution in [0.3, 0.4) is 0 Å². The van der Waals surface area contributed by atoms with Gasteiger partial charge in [0.2, 0.25) is 5.95 Å². The molecule has 0 saturated heterocycles. The summed E-state index contributed by atoms with van der Waals surface area (Å²) in [4.78, 5) is 16.0. The fraction of sp³-hybridized carbons (Fsp3) is 0.615. The van der Waals surface area contributed by atoms with Gasteiger partial charge in [-0.05, 0) is 12.8 Å². The Morgan fingerprint density at radius 3 is 3.00 bits per heavy atom. The molecule has 2 rings (SSSR count). The number of anilines is 2. The van der Waals surface area contributed by atoms with E-state index in [1.54, 1.807) is 13.4 Å². The first-order valence-corrected chi connectivity index (χ1v) is 7.09. The van der Waals surface area contributed by atoms with Crippen molar-refractivity contribution >= 4 is 22.9 Å². The maximum Gasteiger partial charge on any atom is 0.226 e. The number of imidazole rings is 1. The summed E-state index contributed by atoms with van der Waals surface area (Å²) in [7, 11) is 1.63. The van der Waals surface area contributed by atoms with Gasteiger partial charge in [-0.2, -0.15) is 9.97 Å². The molecule has 116 valence electrons. The van der Waals surface area contributed by atoms with Crippen LogP contribution in [0.25, 0.3) is 11.2 Å². The number of aliphatic hydroxyl groups excluding tert-OH is 1. The van der Waals surface area contributed by atoms with Crippen LogP contribution in [0.1, 0.15) is 19.8 Å². The first-order valence-electron chi connectivity index (χ1n) is 7.09. The highest BCUT2D eigenvalue weighted by atomic mass is 16.5. The van der Waals surface area contributed by atoms with Gasteiger partial charge in [-0.1, -0.05) is 6.92 Å². The molecule has 0 fully saturated rings. The van der Waals surface area contributed by atoms with E-state index in [1.165, 1.54) is 0 Å². The van der Waals surface area contributed by atoms with Crippen LogP contribution in [0.4, 0.5) is 11.8 Å². The predicted octanol–water partition coefficient (Wildman–Crippen LogP) is 0.984. The molecule has 8 heteroatoms. The quantitative estimate of drug-likeness (QED) is 0.546. The van der Waals surface area contributed by atoms with E-state index >= 15 is 0 Å². The van der Waals surface area contributed by atoms with Gasteiger partial charge >= 0.3 is 0 Å². The highest BCUT2D eigenvalue weighted by Crippen LogP contribution is 2.20. The van der Waals surface area contributed by atoms with Crippen molar-refractivity contribution < 1.29 is 9.84 Å². The first kappa shape index (κ1) is 15.5. The lowest BCUT2D eigenvalue weighted by atomic mass is 10.2. The second-order valence-electron chi connectivity index (χ2n) is 4.73. The number of aromatic nitrogens is 4. The van der Waals surface area contributed by atoms with E-state index in [1.807, 2.05) is 0 Å². The minimum absolute atomic E-state index is 0.0274. The molecule has 2 heterocycles. The molecule has 0 amide bonds. The normalized spacial score (nSPS) is 12.5. The summed E-state index contributed by atoms with van der Waals surface area (Å²) in [6, 6.07) is -0.0274. The van der Waals surface area contributed by atoms with Crippen LogP contribution in [0.2, 0.25) is 0 Å². The second kappa shape index (κ2) is 7.75. The van der Waals surface area contributed by atoms with Crippen molar-refractivity contribution in [1.82, 2.24) is 19.9 Å². The molecule has 0 aliphatic carbocycles. The highest BCUT2D eigenvalue weighted by Gasteiger charge is 2.14. The Morgan fingerprint density at radius 2 is 2.29 bits per heavy atom. The summed E-state index contributed by atoms with van der Waals surface area (Å²) in [5, 5.41) is 15.6. The number of nitrogens with one attached hydrogen (secondary N) is 3. The Kier molecular flexibility index (Phi) is 5.70. The second-order valence-corrected chi connectivity index (χ2v) is 4.73. The molecule has 1 atom stereocenters. The molecular formula is C13H22N6O2. The minimum Gasteiger partial charge on any atom is -0.396 e. The van der Waals surface area contributed by atoms with E-state index in [2.05, 4.69) is 37.5 Å². The van der Waals surface area contributed by atoms with Crippen LogP contribution in [-0.2, 0) is 4.74 Å². The molecule has 8 nitrogen and oxygen atoms in total. The lowest BCUT2D eigenvalue weighted by molar-refractivity contribution is 0.170. The van der Waals surface area contributed by atoms with E-state index in [0.717, 1.165) is 18.5 Å². The van der Waals surface area contributed by atoms with Gasteiger partial charge in [0.25, 0.3) is 0 Å². The van der Waals surface area contributed by atoms with Crippen molar-refractivity contribution in [3.63, 3.8) is 0 Å². The topological polar surface area (TPSA) is 108 Å². The number of ether oxygens (including phenoxy) is 1. The molecule has 21 heavy (non-hydrogen) atoms. The van der Waals surface area contributed by atoms with Gasteiger partial charge in [-0.15, -0.1) is 0 Å². The van der Waals surface area contributed by atoms with E-state index in [-0.39, 0.29) is 12.6 Å². The van der Waals surface area contributed by atoms with Crippen molar-refractivity contribution in [3.8, 4) is 0 Å². The van der Waals surface area contributed by atoms with Gasteiger partial charge in [0.15, 0.2) is 11.5 Å². The zero-order chi connectivity index (χ0) is 15.1. The number of H-pyrrole nitrogens is 1. The Hall–Kier alpha value is -1.93. The lowest BCUT2D eigenvalue weighted by Gasteiger charge is -2.18. The summed E-state index contributed by atoms with van der Waals surface area (Å²) in [6.07, 6.45) is 3.15. The number of aliphatic hydroxyl groups is 1. The molecule has 0 bridgehead atoms. The smallest absolute Gasteiger partial charge is 0.226 e. The maximum atomic E-state index is 9.12. The van der Waals surface area contributed by atoms with Crippen LogP contribution >= 0.6 is 0 Å². The van der Waals surface area contributed by atoms with Crippen molar-refractivity contribution in [2.75, 3.05) is 37.5 Å². The standard InChI is InChI=1S/C13H22N6O2/c1-3-5-14-13-18-11-10(15-8-16-11)12(19-13)17-9(4-6-20)7-21-2/h8-9,20H,3-7H2,1-2H3,(H3,14,15,16,17,18,19). The number of fused-ring (bicyclic) bond motifs is 1. The molecule has 0 radical (unpaired) electrons. The van der Waals surface area contributed by atoms with E-state index in [0.29, 0.717) is 30.4 Å². The van der Waals surface area contributed by atoms with Crippen LogP contribution in [0.15, 0.2) is 6.33 Å². The zero-order valence-corrected chi connectivity index (χ0v) is 12.4. The van der Waals surface area contributed by atoms with E-state index in [9.17, 15) is 0 Å². The summed E-state index contributed by atoms with van der Waals surface area (Å²) in [5.74, 6) is 1.20. The average Bonchev–Trinajstić information content (AvgIpc) is 2.94. The Morgan fingerprint density at radius 1 is 1.43 bits per heavy atom. The van der Waals surface area contributed by atoms with Crippen LogP contribution in [0, 0.1) is 0 Å². The van der Waals surface area contributed by atoms with Crippen LogP contribution < -0.4 is 10.6 Å². The molecule has 0 aliphatic rings. The molecular weight excluding hydrogens is 272 g/mol. The number of rotatable bonds is 9. The summed E-state index contributed by atoms with van der Waals surface area (Å²) in [6.45, 7) is 3.44.